The first kappa shape index (κ1) is 18.2. The van der Waals surface area contributed by atoms with E-state index in [1.165, 1.54) is 7.11 Å². The summed E-state index contributed by atoms with van der Waals surface area (Å²) in [7, 11) is 1.50. The lowest BCUT2D eigenvalue weighted by molar-refractivity contribution is -0.153. The average molecular weight is 324 g/mol. The molecule has 0 aliphatic rings. The highest BCUT2D eigenvalue weighted by atomic mass is 19.4. The monoisotopic (exact) mass is 324 g/mol. The minimum absolute atomic E-state index is 0.0986. The van der Waals surface area contributed by atoms with Crippen molar-refractivity contribution in [2.24, 2.45) is 0 Å². The molecule has 22 heavy (non-hydrogen) atoms. The first-order valence-corrected chi connectivity index (χ1v) is 6.30. The fourth-order valence-corrected chi connectivity index (χ4v) is 1.46. The Morgan fingerprint density at radius 2 is 2.05 bits per heavy atom. The van der Waals surface area contributed by atoms with Crippen LogP contribution in [-0.2, 0) is 9.53 Å². The van der Waals surface area contributed by atoms with Crippen molar-refractivity contribution in [3.8, 4) is 5.75 Å². The zero-order valence-corrected chi connectivity index (χ0v) is 11.8. The van der Waals surface area contributed by atoms with Crippen LogP contribution < -0.4 is 15.4 Å². The molecule has 5 nitrogen and oxygen atoms in total. The number of ether oxygens (including phenoxy) is 2. The van der Waals surface area contributed by atoms with Gasteiger partial charge in [0.25, 0.3) is 0 Å². The van der Waals surface area contributed by atoms with E-state index >= 15 is 0 Å². The summed E-state index contributed by atoms with van der Waals surface area (Å²) >= 11 is 0. The molecular formula is C13H16F4N2O3. The van der Waals surface area contributed by atoms with E-state index in [1.54, 1.807) is 0 Å². The van der Waals surface area contributed by atoms with Crippen molar-refractivity contribution in [2.75, 3.05) is 38.7 Å². The molecule has 1 amide bonds. The van der Waals surface area contributed by atoms with Crippen LogP contribution in [-0.4, -0.2) is 45.5 Å². The quantitative estimate of drug-likeness (QED) is 0.567. The highest BCUT2D eigenvalue weighted by Gasteiger charge is 2.29. The van der Waals surface area contributed by atoms with E-state index in [0.29, 0.717) is 13.2 Å². The summed E-state index contributed by atoms with van der Waals surface area (Å²) in [6, 6.07) is 2.85. The number of benzene rings is 1. The smallest absolute Gasteiger partial charge is 0.422 e. The van der Waals surface area contributed by atoms with Crippen molar-refractivity contribution < 1.29 is 31.8 Å². The Kier molecular flexibility index (Phi) is 7.06. The predicted molar refractivity (Wildman–Crippen MR) is 71.3 cm³/mol. The molecule has 1 rings (SSSR count). The van der Waals surface area contributed by atoms with Crippen molar-refractivity contribution >= 4 is 11.6 Å². The molecule has 0 bridgehead atoms. The van der Waals surface area contributed by atoms with Gasteiger partial charge in [0.2, 0.25) is 5.91 Å². The fraction of sp³-hybridized carbons (Fsp3) is 0.462. The minimum atomic E-state index is -4.53. The summed E-state index contributed by atoms with van der Waals surface area (Å²) in [5, 5.41) is 5.03. The van der Waals surface area contributed by atoms with Gasteiger partial charge in [0.05, 0.1) is 18.8 Å². The van der Waals surface area contributed by atoms with E-state index in [2.05, 4.69) is 15.4 Å². The van der Waals surface area contributed by atoms with Gasteiger partial charge in [-0.2, -0.15) is 13.2 Å². The summed E-state index contributed by atoms with van der Waals surface area (Å²) in [5.74, 6) is -1.51. The number of alkyl halides is 3. The number of carbonyl (C=O) groups is 1. The van der Waals surface area contributed by atoms with Crippen molar-refractivity contribution in [2.45, 2.75) is 6.18 Å². The summed E-state index contributed by atoms with van der Waals surface area (Å²) in [4.78, 5) is 11.6. The van der Waals surface area contributed by atoms with Crippen LogP contribution in [0.2, 0.25) is 0 Å². The van der Waals surface area contributed by atoms with Gasteiger partial charge in [-0.3, -0.25) is 4.79 Å². The topological polar surface area (TPSA) is 59.6 Å². The third-order valence-electron chi connectivity index (χ3n) is 2.38. The molecule has 0 saturated carbocycles. The van der Waals surface area contributed by atoms with Crippen molar-refractivity contribution in [3.05, 3.63) is 24.0 Å². The molecule has 0 aliphatic carbocycles. The van der Waals surface area contributed by atoms with Gasteiger partial charge in [-0.05, 0) is 12.1 Å². The Balaban J connectivity index is 2.63. The third kappa shape index (κ3) is 7.23. The SMILES string of the molecule is COCCNCC(=O)Nc1cc(F)ccc1OCC(F)(F)F. The van der Waals surface area contributed by atoms with E-state index in [1.807, 2.05) is 0 Å². The van der Waals surface area contributed by atoms with Crippen LogP contribution in [0.15, 0.2) is 18.2 Å². The molecule has 0 aromatic heterocycles. The summed E-state index contributed by atoms with van der Waals surface area (Å²) in [5.41, 5.74) is -0.164. The maximum Gasteiger partial charge on any atom is 0.422 e. The predicted octanol–water partition coefficient (Wildman–Crippen LogP) is 1.94. The zero-order valence-electron chi connectivity index (χ0n) is 11.8. The first-order valence-electron chi connectivity index (χ1n) is 6.30. The molecule has 9 heteroatoms. The number of rotatable bonds is 8. The van der Waals surface area contributed by atoms with Gasteiger partial charge in [-0.25, -0.2) is 4.39 Å². The number of amides is 1. The lowest BCUT2D eigenvalue weighted by Gasteiger charge is -2.14. The van der Waals surface area contributed by atoms with Crippen LogP contribution in [0, 0.1) is 5.82 Å². The first-order chi connectivity index (χ1) is 10.3. The highest BCUT2D eigenvalue weighted by Crippen LogP contribution is 2.27. The van der Waals surface area contributed by atoms with Gasteiger partial charge in [0, 0.05) is 19.7 Å². The molecule has 2 N–H and O–H groups in total. The number of anilines is 1. The molecular weight excluding hydrogens is 308 g/mol. The number of methoxy groups -OCH3 is 1. The molecule has 1 aromatic rings. The van der Waals surface area contributed by atoms with Gasteiger partial charge in [0.1, 0.15) is 11.6 Å². The molecule has 124 valence electrons. The van der Waals surface area contributed by atoms with E-state index < -0.39 is 24.5 Å². The maximum atomic E-state index is 13.2. The largest absolute Gasteiger partial charge is 0.482 e. The Morgan fingerprint density at radius 1 is 1.32 bits per heavy atom. The molecule has 0 atom stereocenters. The lowest BCUT2D eigenvalue weighted by Crippen LogP contribution is -2.30. The van der Waals surface area contributed by atoms with E-state index in [4.69, 9.17) is 4.74 Å². The molecule has 1 aromatic carbocycles. The number of nitrogens with one attached hydrogen (secondary N) is 2. The Morgan fingerprint density at radius 3 is 2.68 bits per heavy atom. The maximum absolute atomic E-state index is 13.2. The second-order valence-corrected chi connectivity index (χ2v) is 4.26. The minimum Gasteiger partial charge on any atom is -0.482 e. The Labute approximate surface area is 124 Å². The molecule has 0 heterocycles. The highest BCUT2D eigenvalue weighted by molar-refractivity contribution is 5.93. The van der Waals surface area contributed by atoms with Gasteiger partial charge >= 0.3 is 6.18 Å². The number of hydrogen-bond acceptors (Lipinski definition) is 4. The lowest BCUT2D eigenvalue weighted by atomic mass is 10.2. The fourth-order valence-electron chi connectivity index (χ4n) is 1.46. The van der Waals surface area contributed by atoms with Crippen molar-refractivity contribution in [1.29, 1.82) is 0 Å². The van der Waals surface area contributed by atoms with Crippen LogP contribution in [0.3, 0.4) is 0 Å². The Hall–Kier alpha value is -1.87. The van der Waals surface area contributed by atoms with Crippen molar-refractivity contribution in [1.82, 2.24) is 5.32 Å². The normalized spacial score (nSPS) is 11.3. The molecule has 0 radical (unpaired) electrons. The molecule has 0 spiro atoms. The van der Waals surface area contributed by atoms with Crippen LogP contribution in [0.25, 0.3) is 0 Å². The Bertz CT molecular complexity index is 495. The summed E-state index contributed by atoms with van der Waals surface area (Å²) in [6.07, 6.45) is -4.53. The second kappa shape index (κ2) is 8.54. The molecule has 0 fully saturated rings. The van der Waals surface area contributed by atoms with E-state index in [0.717, 1.165) is 18.2 Å². The molecule has 0 unspecified atom stereocenters. The zero-order chi connectivity index (χ0) is 16.6. The summed E-state index contributed by atoms with van der Waals surface area (Å²) in [6.45, 7) is -0.816. The average Bonchev–Trinajstić information content (AvgIpc) is 2.42. The molecule has 0 aliphatic heterocycles. The van der Waals surface area contributed by atoms with Gasteiger partial charge in [0.15, 0.2) is 6.61 Å². The van der Waals surface area contributed by atoms with Gasteiger partial charge in [-0.15, -0.1) is 0 Å². The third-order valence-corrected chi connectivity index (χ3v) is 2.38. The van der Waals surface area contributed by atoms with E-state index in [-0.39, 0.29) is 18.0 Å². The standard InChI is InChI=1S/C13H16F4N2O3/c1-21-5-4-18-7-12(20)19-10-6-9(14)2-3-11(10)22-8-13(15,16)17/h2-3,6,18H,4-5,7-8H2,1H3,(H,19,20). The van der Waals surface area contributed by atoms with Crippen LogP contribution in [0.1, 0.15) is 0 Å². The van der Waals surface area contributed by atoms with E-state index in [9.17, 15) is 22.4 Å². The second-order valence-electron chi connectivity index (χ2n) is 4.26. The van der Waals surface area contributed by atoms with Crippen LogP contribution in [0.4, 0.5) is 23.2 Å². The molecule has 0 saturated heterocycles. The van der Waals surface area contributed by atoms with Gasteiger partial charge in [-0.1, -0.05) is 0 Å². The number of carbonyl (C=O) groups excluding carboxylic acids is 1. The number of hydrogen-bond donors (Lipinski definition) is 2. The van der Waals surface area contributed by atoms with Crippen LogP contribution in [0.5, 0.6) is 5.75 Å². The van der Waals surface area contributed by atoms with Crippen molar-refractivity contribution in [3.63, 3.8) is 0 Å². The number of halogens is 4. The van der Waals surface area contributed by atoms with Gasteiger partial charge < -0.3 is 20.1 Å². The van der Waals surface area contributed by atoms with Crippen LogP contribution >= 0.6 is 0 Å². The summed E-state index contributed by atoms with van der Waals surface area (Å²) < 4.78 is 58.9.